The van der Waals surface area contributed by atoms with Gasteiger partial charge in [0.15, 0.2) is 5.69 Å². The average Bonchev–Trinajstić information content (AvgIpc) is 3.55. The van der Waals surface area contributed by atoms with Crippen LogP contribution < -0.4 is 5.32 Å². The van der Waals surface area contributed by atoms with Crippen molar-refractivity contribution in [2.45, 2.75) is 43.6 Å². The van der Waals surface area contributed by atoms with Gasteiger partial charge in [-0.1, -0.05) is 12.1 Å². The molecule has 0 bridgehead atoms. The molecule has 2 amide bonds. The number of likely N-dealkylation sites (tertiary alicyclic amines) is 1. The minimum Gasteiger partial charge on any atom is -0.339 e. The van der Waals surface area contributed by atoms with Crippen molar-refractivity contribution in [2.24, 2.45) is 0 Å². The molecule has 4 heterocycles. The van der Waals surface area contributed by atoms with Crippen molar-refractivity contribution in [3.05, 3.63) is 89.7 Å². The van der Waals surface area contributed by atoms with E-state index in [1.807, 2.05) is 4.90 Å². The molecule has 8 nitrogen and oxygen atoms in total. The molecular formula is C30H27F5N6O2. The molecule has 1 unspecified atom stereocenters. The van der Waals surface area contributed by atoms with Crippen LogP contribution in [0, 0.1) is 5.82 Å². The summed E-state index contributed by atoms with van der Waals surface area (Å²) in [6.45, 7) is 2.20. The van der Waals surface area contributed by atoms with E-state index in [1.165, 1.54) is 29.9 Å². The highest BCUT2D eigenvalue weighted by Crippen LogP contribution is 2.38. The first-order chi connectivity index (χ1) is 20.4. The van der Waals surface area contributed by atoms with Gasteiger partial charge in [0.25, 0.3) is 5.91 Å². The zero-order valence-electron chi connectivity index (χ0n) is 23.0. The van der Waals surface area contributed by atoms with Gasteiger partial charge in [-0.05, 0) is 62.2 Å². The fourth-order valence-corrected chi connectivity index (χ4v) is 5.81. The Hall–Kier alpha value is -4.55. The maximum Gasteiger partial charge on any atom is 0.419 e. The van der Waals surface area contributed by atoms with Crippen LogP contribution in [0.15, 0.2) is 72.6 Å². The quantitative estimate of drug-likeness (QED) is 0.427. The lowest BCUT2D eigenvalue weighted by atomic mass is 9.84. The Balaban J connectivity index is 1.27. The number of alkyl halides is 4. The number of nitrogens with zero attached hydrogens (tertiary/aromatic N) is 5. The molecule has 0 saturated carbocycles. The summed E-state index contributed by atoms with van der Waals surface area (Å²) in [4.78, 5) is 34.5. The van der Waals surface area contributed by atoms with E-state index in [0.717, 1.165) is 11.8 Å². The summed E-state index contributed by atoms with van der Waals surface area (Å²) in [5, 5.41) is 7.25. The highest BCUT2D eigenvalue weighted by molar-refractivity contribution is 5.94. The largest absolute Gasteiger partial charge is 0.419 e. The first-order valence-corrected chi connectivity index (χ1v) is 13.7. The van der Waals surface area contributed by atoms with E-state index in [-0.39, 0.29) is 49.2 Å². The van der Waals surface area contributed by atoms with Gasteiger partial charge in [-0.15, -0.1) is 0 Å². The van der Waals surface area contributed by atoms with Crippen LogP contribution in [0.4, 0.5) is 22.0 Å². The molecule has 2 saturated heterocycles. The molecule has 224 valence electrons. The van der Waals surface area contributed by atoms with Gasteiger partial charge < -0.3 is 15.1 Å². The Bertz CT molecular complexity index is 1640. The third kappa shape index (κ3) is 5.17. The Morgan fingerprint density at radius 2 is 1.86 bits per heavy atom. The van der Waals surface area contributed by atoms with Crippen LogP contribution in [0.1, 0.15) is 42.2 Å². The number of rotatable bonds is 4. The predicted molar refractivity (Wildman–Crippen MR) is 146 cm³/mol. The molecule has 3 aliphatic rings. The van der Waals surface area contributed by atoms with Gasteiger partial charge in [-0.25, -0.2) is 13.5 Å². The molecule has 13 heteroatoms. The second-order valence-electron chi connectivity index (χ2n) is 11.1. The van der Waals surface area contributed by atoms with Crippen molar-refractivity contribution < 1.29 is 31.5 Å². The van der Waals surface area contributed by atoms with Crippen LogP contribution in [0.3, 0.4) is 0 Å². The monoisotopic (exact) mass is 598 g/mol. The van der Waals surface area contributed by atoms with E-state index in [2.05, 4.69) is 15.4 Å². The van der Waals surface area contributed by atoms with Crippen molar-refractivity contribution in [2.75, 3.05) is 19.8 Å². The molecule has 1 atom stereocenters. The standard InChI is InChI=1S/C30H27F5N6O2/c1-28(32)9-7-19(8-10-28)40-18-37-27(43)29(40)11-14-39(15-12-29)26(42)24-17-25(23-4-2-3-13-36-23)41(38-24)20-5-6-21(22(31)16-20)30(33,34)35/h2-9,13,16-17H,10-12,14-15,18H2,1H3,(H,37,43). The number of pyridine rings is 1. The zero-order valence-corrected chi connectivity index (χ0v) is 23.0. The topological polar surface area (TPSA) is 83.4 Å². The van der Waals surface area contributed by atoms with Crippen molar-refractivity contribution in [1.29, 1.82) is 0 Å². The SMILES string of the molecule is CC1(F)C=CC(N2CNC(=O)C23CCN(C(=O)c2cc(-c4ccccn4)n(-c4ccc(C(F)(F)F)c(F)c4)n2)CC3)=CC1. The van der Waals surface area contributed by atoms with Crippen LogP contribution in [-0.4, -0.2) is 67.3 Å². The molecule has 3 aromatic rings. The summed E-state index contributed by atoms with van der Waals surface area (Å²) in [6, 6.07) is 8.90. The Kier molecular flexibility index (Phi) is 6.85. The molecule has 1 N–H and O–H groups in total. The Labute approximate surface area is 243 Å². The van der Waals surface area contributed by atoms with E-state index in [0.29, 0.717) is 30.7 Å². The van der Waals surface area contributed by atoms with Gasteiger partial charge in [0.05, 0.1) is 29.3 Å². The van der Waals surface area contributed by atoms with Crippen molar-refractivity contribution in [3.8, 4) is 17.1 Å². The number of amides is 2. The van der Waals surface area contributed by atoms with Crippen LogP contribution in [-0.2, 0) is 11.0 Å². The maximum atomic E-state index is 14.5. The molecule has 2 fully saturated rings. The van der Waals surface area contributed by atoms with Crippen LogP contribution >= 0.6 is 0 Å². The predicted octanol–water partition coefficient (Wildman–Crippen LogP) is 5.03. The van der Waals surface area contributed by atoms with Crippen molar-refractivity contribution >= 4 is 11.8 Å². The minimum atomic E-state index is -4.87. The fourth-order valence-electron chi connectivity index (χ4n) is 5.81. The normalized spacial score (nSPS) is 21.7. The molecule has 1 aliphatic carbocycles. The van der Waals surface area contributed by atoms with E-state index < -0.39 is 34.7 Å². The number of hydrogen-bond acceptors (Lipinski definition) is 5. The Morgan fingerprint density at radius 3 is 2.49 bits per heavy atom. The highest BCUT2D eigenvalue weighted by Gasteiger charge is 2.51. The number of nitrogens with one attached hydrogen (secondary N) is 1. The zero-order chi connectivity index (χ0) is 30.6. The second kappa shape index (κ2) is 10.3. The number of carbonyl (C=O) groups excluding carboxylic acids is 2. The number of piperidine rings is 1. The number of carbonyl (C=O) groups is 2. The molecule has 6 rings (SSSR count). The van der Waals surface area contributed by atoms with Gasteiger partial charge in [0, 0.05) is 37.5 Å². The van der Waals surface area contributed by atoms with E-state index in [4.69, 9.17) is 0 Å². The smallest absolute Gasteiger partial charge is 0.339 e. The molecule has 0 radical (unpaired) electrons. The number of benzene rings is 1. The summed E-state index contributed by atoms with van der Waals surface area (Å²) in [5.41, 5.74) is -2.37. The van der Waals surface area contributed by atoms with Gasteiger partial charge in [0.1, 0.15) is 17.0 Å². The summed E-state index contributed by atoms with van der Waals surface area (Å²) < 4.78 is 69.5. The molecule has 1 spiro atoms. The van der Waals surface area contributed by atoms with E-state index >= 15 is 0 Å². The molecular weight excluding hydrogens is 571 g/mol. The fraction of sp³-hybridized carbons (Fsp3) is 0.333. The third-order valence-corrected chi connectivity index (χ3v) is 8.20. The number of aromatic nitrogens is 3. The summed E-state index contributed by atoms with van der Waals surface area (Å²) in [6.07, 6.45) is 2.40. The average molecular weight is 599 g/mol. The van der Waals surface area contributed by atoms with E-state index in [9.17, 15) is 31.5 Å². The molecule has 2 aromatic heterocycles. The van der Waals surface area contributed by atoms with Crippen molar-refractivity contribution in [1.82, 2.24) is 29.9 Å². The van der Waals surface area contributed by atoms with Crippen molar-refractivity contribution in [3.63, 3.8) is 0 Å². The van der Waals surface area contributed by atoms with Gasteiger partial charge >= 0.3 is 6.18 Å². The van der Waals surface area contributed by atoms with Gasteiger partial charge in [-0.2, -0.15) is 18.3 Å². The maximum absolute atomic E-state index is 14.5. The minimum absolute atomic E-state index is 0.00945. The van der Waals surface area contributed by atoms with Gasteiger partial charge in [0.2, 0.25) is 5.91 Å². The first-order valence-electron chi connectivity index (χ1n) is 13.7. The third-order valence-electron chi connectivity index (χ3n) is 8.20. The summed E-state index contributed by atoms with van der Waals surface area (Å²) >= 11 is 0. The lowest BCUT2D eigenvalue weighted by molar-refractivity contribution is -0.140. The highest BCUT2D eigenvalue weighted by atomic mass is 19.4. The van der Waals surface area contributed by atoms with Crippen LogP contribution in [0.2, 0.25) is 0 Å². The Morgan fingerprint density at radius 1 is 1.09 bits per heavy atom. The number of halogens is 5. The molecule has 43 heavy (non-hydrogen) atoms. The first kappa shape index (κ1) is 28.6. The molecule has 1 aromatic carbocycles. The van der Waals surface area contributed by atoms with Crippen LogP contribution in [0.5, 0.6) is 0 Å². The molecule has 2 aliphatic heterocycles. The lowest BCUT2D eigenvalue weighted by Gasteiger charge is -2.44. The number of hydrogen-bond donors (Lipinski definition) is 1. The second-order valence-corrected chi connectivity index (χ2v) is 11.1. The van der Waals surface area contributed by atoms with Crippen LogP contribution in [0.25, 0.3) is 17.1 Å². The summed E-state index contributed by atoms with van der Waals surface area (Å²) in [5.74, 6) is -2.08. The number of allylic oxidation sites excluding steroid dienone is 3. The lowest BCUT2D eigenvalue weighted by Crippen LogP contribution is -2.56. The van der Waals surface area contributed by atoms with E-state index in [1.54, 1.807) is 35.3 Å². The van der Waals surface area contributed by atoms with Gasteiger partial charge in [-0.3, -0.25) is 14.6 Å². The summed E-state index contributed by atoms with van der Waals surface area (Å²) in [7, 11) is 0.